The van der Waals surface area contributed by atoms with Crippen molar-refractivity contribution < 1.29 is 4.42 Å². The van der Waals surface area contributed by atoms with Crippen molar-refractivity contribution in [3.8, 4) is 6.07 Å². The number of pyridine rings is 1. The van der Waals surface area contributed by atoms with Crippen LogP contribution in [0.25, 0.3) is 0 Å². The van der Waals surface area contributed by atoms with Gasteiger partial charge >= 0.3 is 0 Å². The van der Waals surface area contributed by atoms with Gasteiger partial charge in [-0.15, -0.1) is 0 Å². The van der Waals surface area contributed by atoms with E-state index in [1.54, 1.807) is 18.5 Å². The first-order valence-electron chi connectivity index (χ1n) is 6.22. The third-order valence-electron chi connectivity index (χ3n) is 3.19. The van der Waals surface area contributed by atoms with Gasteiger partial charge in [-0.3, -0.25) is 0 Å². The van der Waals surface area contributed by atoms with Crippen LogP contribution in [0, 0.1) is 11.3 Å². The Balaban J connectivity index is 1.90. The fraction of sp³-hybridized carbons (Fsp3) is 0.286. The zero-order valence-electron chi connectivity index (χ0n) is 10.4. The Labute approximate surface area is 111 Å². The normalized spacial score (nSPS) is 14.1. The van der Waals surface area contributed by atoms with Gasteiger partial charge in [0.15, 0.2) is 5.82 Å². The Hall–Kier alpha value is -2.48. The minimum absolute atomic E-state index is 0.466. The molecule has 5 heteroatoms. The molecule has 2 aromatic rings. The summed E-state index contributed by atoms with van der Waals surface area (Å²) in [6.45, 7) is 0.654. The quantitative estimate of drug-likeness (QED) is 0.905. The number of nitriles is 1. The predicted molar refractivity (Wildman–Crippen MR) is 71.3 cm³/mol. The molecule has 1 aliphatic rings. The third-order valence-corrected chi connectivity index (χ3v) is 3.19. The van der Waals surface area contributed by atoms with Gasteiger partial charge < -0.3 is 15.1 Å². The fourth-order valence-corrected chi connectivity index (χ4v) is 2.11. The Morgan fingerprint density at radius 3 is 2.95 bits per heavy atom. The van der Waals surface area contributed by atoms with E-state index in [1.165, 1.54) is 0 Å². The van der Waals surface area contributed by atoms with E-state index in [1.807, 2.05) is 18.2 Å². The van der Waals surface area contributed by atoms with Crippen LogP contribution >= 0.6 is 0 Å². The van der Waals surface area contributed by atoms with E-state index in [0.717, 1.165) is 24.4 Å². The van der Waals surface area contributed by atoms with Crippen LogP contribution in [0.15, 0.2) is 35.1 Å². The van der Waals surface area contributed by atoms with Gasteiger partial charge in [0.1, 0.15) is 11.8 Å². The number of rotatable bonds is 4. The first kappa shape index (κ1) is 11.6. The summed E-state index contributed by atoms with van der Waals surface area (Å²) in [6, 6.07) is 7.99. The Morgan fingerprint density at radius 2 is 2.37 bits per heavy atom. The molecule has 0 saturated heterocycles. The molecule has 0 radical (unpaired) electrons. The molecule has 96 valence electrons. The highest BCUT2D eigenvalue weighted by molar-refractivity contribution is 5.65. The van der Waals surface area contributed by atoms with Crippen LogP contribution in [0.4, 0.5) is 11.5 Å². The van der Waals surface area contributed by atoms with Crippen LogP contribution in [0.1, 0.15) is 24.2 Å². The highest BCUT2D eigenvalue weighted by atomic mass is 16.3. The smallest absolute Gasteiger partial charge is 0.152 e. The monoisotopic (exact) mass is 254 g/mol. The van der Waals surface area contributed by atoms with Gasteiger partial charge in [-0.2, -0.15) is 5.26 Å². The molecule has 1 aliphatic carbocycles. The average molecular weight is 254 g/mol. The lowest BCUT2D eigenvalue weighted by molar-refractivity contribution is 0.500. The fourth-order valence-electron chi connectivity index (χ4n) is 2.11. The molecule has 0 amide bonds. The van der Waals surface area contributed by atoms with Crippen molar-refractivity contribution in [3.05, 3.63) is 42.0 Å². The van der Waals surface area contributed by atoms with Crippen LogP contribution in [0.2, 0.25) is 0 Å². The summed E-state index contributed by atoms with van der Waals surface area (Å²) in [5, 5.41) is 8.85. The number of anilines is 2. The number of aromatic nitrogens is 1. The van der Waals surface area contributed by atoms with Crippen molar-refractivity contribution in [1.29, 1.82) is 5.26 Å². The van der Waals surface area contributed by atoms with Gasteiger partial charge in [0, 0.05) is 12.2 Å². The molecule has 2 N–H and O–H groups in total. The van der Waals surface area contributed by atoms with Crippen LogP contribution in [0.3, 0.4) is 0 Å². The van der Waals surface area contributed by atoms with E-state index in [9.17, 15) is 0 Å². The summed E-state index contributed by atoms with van der Waals surface area (Å²) in [7, 11) is 0. The minimum Gasteiger partial charge on any atom is -0.467 e. The van der Waals surface area contributed by atoms with Crippen molar-refractivity contribution >= 4 is 11.5 Å². The lowest BCUT2D eigenvalue weighted by Crippen LogP contribution is -2.26. The summed E-state index contributed by atoms with van der Waals surface area (Å²) < 4.78 is 5.39. The highest BCUT2D eigenvalue weighted by Gasteiger charge is 2.31. The van der Waals surface area contributed by atoms with Crippen molar-refractivity contribution in [2.45, 2.75) is 25.4 Å². The summed E-state index contributed by atoms with van der Waals surface area (Å²) in [6.07, 6.45) is 5.50. The number of hydrogen-bond donors (Lipinski definition) is 1. The molecule has 0 atom stereocenters. The zero-order valence-corrected chi connectivity index (χ0v) is 10.4. The molecule has 0 aromatic carbocycles. The second-order valence-corrected chi connectivity index (χ2v) is 4.69. The summed E-state index contributed by atoms with van der Waals surface area (Å²) in [4.78, 5) is 6.48. The molecule has 0 spiro atoms. The van der Waals surface area contributed by atoms with E-state index in [2.05, 4.69) is 9.88 Å². The molecule has 19 heavy (non-hydrogen) atoms. The third kappa shape index (κ3) is 2.38. The van der Waals surface area contributed by atoms with Gasteiger partial charge in [-0.25, -0.2) is 4.98 Å². The summed E-state index contributed by atoms with van der Waals surface area (Å²) >= 11 is 0. The molecule has 0 aliphatic heterocycles. The van der Waals surface area contributed by atoms with Gasteiger partial charge in [-0.05, 0) is 31.0 Å². The summed E-state index contributed by atoms with van der Waals surface area (Å²) in [5.41, 5.74) is 7.03. The molecule has 0 unspecified atom stereocenters. The molecule has 3 rings (SSSR count). The first-order chi connectivity index (χ1) is 9.28. The van der Waals surface area contributed by atoms with E-state index in [0.29, 0.717) is 23.8 Å². The second-order valence-electron chi connectivity index (χ2n) is 4.69. The SMILES string of the molecule is N#Cc1cnc(N(Cc2ccco2)C2CC2)c(N)c1. The second kappa shape index (κ2) is 4.65. The highest BCUT2D eigenvalue weighted by Crippen LogP contribution is 2.34. The molecule has 2 aromatic heterocycles. The van der Waals surface area contributed by atoms with Crippen molar-refractivity contribution in [2.24, 2.45) is 0 Å². The topological polar surface area (TPSA) is 79.1 Å². The van der Waals surface area contributed by atoms with E-state index < -0.39 is 0 Å². The van der Waals surface area contributed by atoms with Gasteiger partial charge in [0.25, 0.3) is 0 Å². The lowest BCUT2D eigenvalue weighted by Gasteiger charge is -2.23. The van der Waals surface area contributed by atoms with Gasteiger partial charge in [-0.1, -0.05) is 0 Å². The Bertz CT molecular complexity index is 611. The maximum Gasteiger partial charge on any atom is 0.152 e. The van der Waals surface area contributed by atoms with Crippen LogP contribution in [0.5, 0.6) is 0 Å². The number of nitrogens with two attached hydrogens (primary N) is 1. The largest absolute Gasteiger partial charge is 0.467 e. The molecule has 5 nitrogen and oxygen atoms in total. The number of furan rings is 1. The van der Waals surface area contributed by atoms with Crippen LogP contribution < -0.4 is 10.6 Å². The lowest BCUT2D eigenvalue weighted by atomic mass is 10.2. The van der Waals surface area contributed by atoms with Crippen molar-refractivity contribution in [2.75, 3.05) is 10.6 Å². The minimum atomic E-state index is 0.466. The van der Waals surface area contributed by atoms with E-state index in [4.69, 9.17) is 15.4 Å². The molecule has 1 fully saturated rings. The molecule has 2 heterocycles. The average Bonchev–Trinajstić information content (AvgIpc) is 3.14. The Kier molecular flexibility index (Phi) is 2.84. The van der Waals surface area contributed by atoms with Crippen LogP contribution in [-0.2, 0) is 6.54 Å². The molecule has 1 saturated carbocycles. The van der Waals surface area contributed by atoms with Crippen molar-refractivity contribution in [3.63, 3.8) is 0 Å². The predicted octanol–water partition coefficient (Wildman–Crippen LogP) is 2.30. The Morgan fingerprint density at radius 1 is 1.53 bits per heavy atom. The molecular formula is C14H14N4O. The van der Waals surface area contributed by atoms with Crippen molar-refractivity contribution in [1.82, 2.24) is 4.98 Å². The number of nitrogens with zero attached hydrogens (tertiary/aromatic N) is 3. The number of nitrogen functional groups attached to an aromatic ring is 1. The first-order valence-corrected chi connectivity index (χ1v) is 6.22. The standard InChI is InChI=1S/C14H14N4O/c15-7-10-6-13(16)14(17-8-10)18(11-3-4-11)9-12-2-1-5-19-12/h1-2,5-6,8,11H,3-4,9,16H2. The van der Waals surface area contributed by atoms with E-state index in [-0.39, 0.29) is 0 Å². The van der Waals surface area contributed by atoms with Gasteiger partial charge in [0.2, 0.25) is 0 Å². The zero-order chi connectivity index (χ0) is 13.2. The van der Waals surface area contributed by atoms with E-state index >= 15 is 0 Å². The molecular weight excluding hydrogens is 240 g/mol. The summed E-state index contributed by atoms with van der Waals surface area (Å²) in [5.74, 6) is 1.62. The van der Waals surface area contributed by atoms with Crippen LogP contribution in [-0.4, -0.2) is 11.0 Å². The maximum atomic E-state index is 8.85. The van der Waals surface area contributed by atoms with Gasteiger partial charge in [0.05, 0.1) is 24.1 Å². The number of hydrogen-bond acceptors (Lipinski definition) is 5. The molecule has 0 bridgehead atoms. The maximum absolute atomic E-state index is 8.85.